The number of carboxylic acids is 1. The first-order chi connectivity index (χ1) is 15.3. The number of carbonyl (C=O) groups is 3. The second-order valence-corrected chi connectivity index (χ2v) is 7.76. The fourth-order valence-electron chi connectivity index (χ4n) is 4.09. The molecular formula is C24H20ClNO6. The van der Waals surface area contributed by atoms with Crippen molar-refractivity contribution in [3.8, 4) is 5.75 Å². The minimum absolute atomic E-state index is 0.174. The van der Waals surface area contributed by atoms with E-state index in [2.05, 4.69) is 5.32 Å². The number of fused-ring (bicyclic) bond motifs is 2. The van der Waals surface area contributed by atoms with E-state index in [1.807, 2.05) is 12.1 Å². The number of nitrogens with one attached hydrogen (secondary N) is 1. The first kappa shape index (κ1) is 21.6. The number of dihydropyridines is 1. The Morgan fingerprint density at radius 3 is 2.53 bits per heavy atom. The monoisotopic (exact) mass is 453 g/mol. The third kappa shape index (κ3) is 3.65. The molecule has 2 aliphatic rings. The summed E-state index contributed by atoms with van der Waals surface area (Å²) in [5, 5.41) is 12.2. The lowest BCUT2D eigenvalue weighted by Gasteiger charge is -2.29. The summed E-state index contributed by atoms with van der Waals surface area (Å²) in [6, 6.07) is 12.1. The largest absolute Gasteiger partial charge is 0.480 e. The smallest absolute Gasteiger partial charge is 0.341 e. The minimum atomic E-state index is -1.13. The lowest BCUT2D eigenvalue weighted by molar-refractivity contribution is -0.140. The number of benzene rings is 2. The molecule has 32 heavy (non-hydrogen) atoms. The van der Waals surface area contributed by atoms with Crippen LogP contribution in [0.5, 0.6) is 5.75 Å². The molecule has 0 bridgehead atoms. The van der Waals surface area contributed by atoms with Gasteiger partial charge in [0.05, 0.1) is 22.9 Å². The van der Waals surface area contributed by atoms with Gasteiger partial charge >= 0.3 is 11.9 Å². The van der Waals surface area contributed by atoms with E-state index in [0.29, 0.717) is 33.7 Å². The van der Waals surface area contributed by atoms with E-state index in [4.69, 9.17) is 26.2 Å². The van der Waals surface area contributed by atoms with Crippen molar-refractivity contribution in [2.45, 2.75) is 19.8 Å². The van der Waals surface area contributed by atoms with Crippen LogP contribution in [0.4, 0.5) is 0 Å². The number of ketones is 1. The Labute approximate surface area is 189 Å². The Morgan fingerprint density at radius 1 is 1.16 bits per heavy atom. The molecule has 0 aromatic heterocycles. The Hall–Kier alpha value is -3.58. The number of halogens is 1. The van der Waals surface area contributed by atoms with Gasteiger partial charge in [0.2, 0.25) is 0 Å². The molecule has 0 spiro atoms. The second kappa shape index (κ2) is 8.51. The zero-order chi connectivity index (χ0) is 23.0. The van der Waals surface area contributed by atoms with Crippen LogP contribution in [0.1, 0.15) is 41.3 Å². The van der Waals surface area contributed by atoms with E-state index in [1.165, 1.54) is 6.07 Å². The van der Waals surface area contributed by atoms with Crippen LogP contribution in [-0.2, 0) is 14.3 Å². The number of hydrogen-bond acceptors (Lipinski definition) is 6. The maximum Gasteiger partial charge on any atom is 0.341 e. The van der Waals surface area contributed by atoms with Gasteiger partial charge in [0.15, 0.2) is 12.4 Å². The average Bonchev–Trinajstić information content (AvgIpc) is 3.04. The maximum absolute atomic E-state index is 13.4. The van der Waals surface area contributed by atoms with Crippen LogP contribution in [0, 0.1) is 0 Å². The quantitative estimate of drug-likeness (QED) is 0.639. The number of ether oxygens (including phenoxy) is 2. The Morgan fingerprint density at radius 2 is 1.88 bits per heavy atom. The summed E-state index contributed by atoms with van der Waals surface area (Å²) in [5.41, 5.74) is 3.92. The van der Waals surface area contributed by atoms with Crippen LogP contribution in [0.25, 0.3) is 5.70 Å². The van der Waals surface area contributed by atoms with Crippen molar-refractivity contribution in [1.29, 1.82) is 0 Å². The molecule has 4 rings (SSSR count). The number of esters is 1. The van der Waals surface area contributed by atoms with Crippen LogP contribution < -0.4 is 10.1 Å². The zero-order valence-electron chi connectivity index (χ0n) is 17.4. The van der Waals surface area contributed by atoms with Gasteiger partial charge in [-0.15, -0.1) is 0 Å². The number of allylic oxidation sites excluding steroid dienone is 2. The Balaban J connectivity index is 1.84. The minimum Gasteiger partial charge on any atom is -0.480 e. The molecule has 2 aromatic carbocycles. The second-order valence-electron chi connectivity index (χ2n) is 7.35. The van der Waals surface area contributed by atoms with Gasteiger partial charge < -0.3 is 19.9 Å². The van der Waals surface area contributed by atoms with E-state index >= 15 is 0 Å². The zero-order valence-corrected chi connectivity index (χ0v) is 18.2. The van der Waals surface area contributed by atoms with Crippen molar-refractivity contribution in [2.24, 2.45) is 0 Å². The molecule has 0 unspecified atom stereocenters. The van der Waals surface area contributed by atoms with Crippen molar-refractivity contribution in [2.75, 3.05) is 13.2 Å². The molecule has 7 nitrogen and oxygen atoms in total. The molecule has 0 saturated heterocycles. The first-order valence-corrected chi connectivity index (χ1v) is 10.4. The van der Waals surface area contributed by atoms with E-state index < -0.39 is 24.5 Å². The van der Waals surface area contributed by atoms with Crippen LogP contribution in [-0.4, -0.2) is 36.0 Å². The average molecular weight is 454 g/mol. The van der Waals surface area contributed by atoms with Gasteiger partial charge in [-0.1, -0.05) is 41.9 Å². The van der Waals surface area contributed by atoms with Crippen molar-refractivity contribution >= 4 is 35.0 Å². The number of carbonyl (C=O) groups excluding carboxylic acids is 2. The van der Waals surface area contributed by atoms with Gasteiger partial charge in [-0.05, 0) is 31.5 Å². The number of Topliss-reactive ketones (excluding diaryl/α,β-unsaturated/α-hetero) is 1. The summed E-state index contributed by atoms with van der Waals surface area (Å²) in [4.78, 5) is 37.1. The van der Waals surface area contributed by atoms with Gasteiger partial charge in [-0.25, -0.2) is 9.59 Å². The lowest BCUT2D eigenvalue weighted by Crippen LogP contribution is -2.29. The van der Waals surface area contributed by atoms with E-state index in [9.17, 15) is 14.4 Å². The van der Waals surface area contributed by atoms with Gasteiger partial charge in [0, 0.05) is 28.3 Å². The molecule has 8 heteroatoms. The van der Waals surface area contributed by atoms with Gasteiger partial charge in [0.1, 0.15) is 5.75 Å². The third-order valence-corrected chi connectivity index (χ3v) is 5.68. The maximum atomic E-state index is 13.4. The van der Waals surface area contributed by atoms with E-state index in [1.54, 1.807) is 38.1 Å². The summed E-state index contributed by atoms with van der Waals surface area (Å²) in [6.45, 7) is 3.12. The summed E-state index contributed by atoms with van der Waals surface area (Å²) in [7, 11) is 0. The molecule has 1 atom stereocenters. The van der Waals surface area contributed by atoms with Crippen molar-refractivity contribution < 1.29 is 29.0 Å². The number of hydrogen-bond donors (Lipinski definition) is 2. The summed E-state index contributed by atoms with van der Waals surface area (Å²) < 4.78 is 10.5. The van der Waals surface area contributed by atoms with Crippen LogP contribution in [0.2, 0.25) is 5.02 Å². The number of carboxylic acid groups (broad SMARTS) is 1. The molecule has 1 aliphatic carbocycles. The van der Waals surface area contributed by atoms with Crippen LogP contribution in [0.3, 0.4) is 0 Å². The van der Waals surface area contributed by atoms with Gasteiger partial charge in [0.25, 0.3) is 0 Å². The Bertz CT molecular complexity index is 1210. The SMILES string of the molecule is CCOC(=O)C1=C(C)NC2=C(C(=O)c3ccccc32)[C@@H]1c1ccc(OCC(=O)O)c(Cl)c1. The highest BCUT2D eigenvalue weighted by atomic mass is 35.5. The Kier molecular flexibility index (Phi) is 5.76. The molecule has 0 amide bonds. The molecule has 1 heterocycles. The van der Waals surface area contributed by atoms with E-state index in [0.717, 1.165) is 5.56 Å². The van der Waals surface area contributed by atoms with Crippen LogP contribution in [0.15, 0.2) is 59.3 Å². The predicted octanol–water partition coefficient (Wildman–Crippen LogP) is 3.93. The van der Waals surface area contributed by atoms with Crippen molar-refractivity contribution in [1.82, 2.24) is 5.32 Å². The van der Waals surface area contributed by atoms with Crippen molar-refractivity contribution in [3.63, 3.8) is 0 Å². The third-order valence-electron chi connectivity index (χ3n) is 5.38. The molecule has 164 valence electrons. The normalized spacial score (nSPS) is 17.0. The highest BCUT2D eigenvalue weighted by molar-refractivity contribution is 6.32. The predicted molar refractivity (Wildman–Crippen MR) is 117 cm³/mol. The molecule has 1 aliphatic heterocycles. The lowest BCUT2D eigenvalue weighted by atomic mass is 9.80. The highest BCUT2D eigenvalue weighted by Gasteiger charge is 2.43. The molecule has 2 aromatic rings. The summed E-state index contributed by atoms with van der Waals surface area (Å²) in [5.74, 6) is -2.35. The summed E-state index contributed by atoms with van der Waals surface area (Å²) in [6.07, 6.45) is 0. The highest BCUT2D eigenvalue weighted by Crippen LogP contribution is 2.47. The fraction of sp³-hybridized carbons (Fsp3) is 0.208. The topological polar surface area (TPSA) is 102 Å². The number of aliphatic carboxylic acids is 1. The molecule has 0 fully saturated rings. The van der Waals surface area contributed by atoms with E-state index in [-0.39, 0.29) is 23.2 Å². The van der Waals surface area contributed by atoms with Gasteiger partial charge in [-0.3, -0.25) is 4.79 Å². The molecular weight excluding hydrogens is 434 g/mol. The van der Waals surface area contributed by atoms with Crippen molar-refractivity contribution in [3.05, 3.63) is 81.0 Å². The molecule has 0 radical (unpaired) electrons. The fourth-order valence-corrected chi connectivity index (χ4v) is 4.34. The molecule has 2 N–H and O–H groups in total. The first-order valence-electron chi connectivity index (χ1n) is 10.0. The van der Waals surface area contributed by atoms with Gasteiger partial charge in [-0.2, -0.15) is 0 Å². The standard InChI is InChI=1S/C24H20ClNO6/c1-3-31-24(30)19-12(2)26-22-14-6-4-5-7-15(14)23(29)21(22)20(19)13-8-9-17(16(25)10-13)32-11-18(27)28/h4-10,20,26H,3,11H2,1-2H3,(H,27,28)/t20-/m1/s1. The summed E-state index contributed by atoms with van der Waals surface area (Å²) >= 11 is 6.36. The van der Waals surface area contributed by atoms with Crippen LogP contribution >= 0.6 is 11.6 Å². The molecule has 0 saturated carbocycles. The number of rotatable bonds is 6.